The smallest absolute Gasteiger partial charge is 0.234 e. The van der Waals surface area contributed by atoms with Gasteiger partial charge in [0.05, 0.1) is 18.8 Å². The number of nitrogens with one attached hydrogen (secondary N) is 2. The molecule has 7 nitrogen and oxygen atoms in total. The lowest BCUT2D eigenvalue weighted by Crippen LogP contribution is -2.49. The second-order valence-corrected chi connectivity index (χ2v) is 6.42. The molecule has 1 aliphatic heterocycles. The van der Waals surface area contributed by atoms with Crippen LogP contribution >= 0.6 is 11.8 Å². The Labute approximate surface area is 129 Å². The quantitative estimate of drug-likeness (QED) is 0.585. The molecule has 21 heavy (non-hydrogen) atoms. The Kier molecular flexibility index (Phi) is 6.01. The summed E-state index contributed by atoms with van der Waals surface area (Å²) in [5.41, 5.74) is 0. The van der Waals surface area contributed by atoms with Crippen LogP contribution in [-0.4, -0.2) is 70.1 Å². The van der Waals surface area contributed by atoms with Crippen LogP contribution in [0.1, 0.15) is 19.7 Å². The molecule has 0 unspecified atom stereocenters. The Morgan fingerprint density at radius 3 is 2.81 bits per heavy atom. The molecule has 0 aliphatic carbocycles. The lowest BCUT2D eigenvalue weighted by molar-refractivity contribution is -0.125. The van der Waals surface area contributed by atoms with Gasteiger partial charge in [-0.15, -0.1) is 5.10 Å². The van der Waals surface area contributed by atoms with E-state index in [1.807, 2.05) is 20.8 Å². The number of aromatic nitrogens is 3. The van der Waals surface area contributed by atoms with Crippen LogP contribution in [0.25, 0.3) is 0 Å². The van der Waals surface area contributed by atoms with E-state index in [0.717, 1.165) is 29.8 Å². The summed E-state index contributed by atoms with van der Waals surface area (Å²) in [6.07, 6.45) is 0.372. The van der Waals surface area contributed by atoms with Crippen molar-refractivity contribution >= 4 is 17.7 Å². The van der Waals surface area contributed by atoms with Gasteiger partial charge in [-0.3, -0.25) is 14.8 Å². The van der Waals surface area contributed by atoms with E-state index < -0.39 is 0 Å². The molecule has 2 heterocycles. The Morgan fingerprint density at radius 1 is 1.48 bits per heavy atom. The van der Waals surface area contributed by atoms with E-state index in [9.17, 15) is 4.79 Å². The lowest BCUT2D eigenvalue weighted by Gasteiger charge is -2.34. The van der Waals surface area contributed by atoms with Gasteiger partial charge in [0.25, 0.3) is 0 Å². The summed E-state index contributed by atoms with van der Waals surface area (Å²) < 4.78 is 5.65. The highest BCUT2D eigenvalue weighted by atomic mass is 32.2. The Bertz CT molecular complexity index is 457. The van der Waals surface area contributed by atoms with Gasteiger partial charge in [0.15, 0.2) is 0 Å². The van der Waals surface area contributed by atoms with Crippen LogP contribution < -0.4 is 5.32 Å². The molecule has 1 aromatic rings. The molecule has 1 aromatic heterocycles. The zero-order valence-corrected chi connectivity index (χ0v) is 13.6. The largest absolute Gasteiger partial charge is 0.373 e. The summed E-state index contributed by atoms with van der Waals surface area (Å²) in [4.78, 5) is 18.2. The summed E-state index contributed by atoms with van der Waals surface area (Å²) in [5.74, 6) is 1.62. The van der Waals surface area contributed by atoms with Crippen LogP contribution in [-0.2, 0) is 9.53 Å². The number of morpholine rings is 1. The number of thioether (sulfide) groups is 1. The van der Waals surface area contributed by atoms with E-state index in [1.54, 1.807) is 0 Å². The van der Waals surface area contributed by atoms with Crippen molar-refractivity contribution in [2.45, 2.75) is 38.1 Å². The second kappa shape index (κ2) is 7.77. The number of carbonyl (C=O) groups excluding carboxylic acids is 1. The minimum atomic E-state index is 0.0584. The molecule has 0 saturated carbocycles. The standard InChI is InChI=1S/C13H23N5O2S/c1-9-6-18(7-10(2)20-9)8-12(19)14-4-5-21-13-15-11(3)16-17-13/h9-10H,4-8H2,1-3H3,(H,14,19)(H,15,16,17)/t9-,10+. The number of nitrogens with zero attached hydrogens (tertiary/aromatic N) is 3. The van der Waals surface area contributed by atoms with Gasteiger partial charge in [-0.25, -0.2) is 4.98 Å². The van der Waals surface area contributed by atoms with Crippen LogP contribution in [0.3, 0.4) is 0 Å². The van der Waals surface area contributed by atoms with E-state index >= 15 is 0 Å². The fourth-order valence-corrected chi connectivity index (χ4v) is 3.09. The minimum Gasteiger partial charge on any atom is -0.373 e. The zero-order valence-electron chi connectivity index (χ0n) is 12.8. The maximum Gasteiger partial charge on any atom is 0.234 e. The molecule has 2 N–H and O–H groups in total. The monoisotopic (exact) mass is 313 g/mol. The first-order chi connectivity index (χ1) is 10.0. The van der Waals surface area contributed by atoms with Gasteiger partial charge < -0.3 is 10.1 Å². The fourth-order valence-electron chi connectivity index (χ4n) is 2.39. The molecule has 1 saturated heterocycles. The lowest BCUT2D eigenvalue weighted by atomic mass is 10.2. The molecule has 2 rings (SSSR count). The van der Waals surface area contributed by atoms with Crippen LogP contribution in [0.5, 0.6) is 0 Å². The first-order valence-corrected chi connectivity index (χ1v) is 8.18. The third kappa shape index (κ3) is 5.64. The van der Waals surface area contributed by atoms with Gasteiger partial charge in [-0.05, 0) is 20.8 Å². The van der Waals surface area contributed by atoms with Gasteiger partial charge >= 0.3 is 0 Å². The molecule has 1 aliphatic rings. The highest BCUT2D eigenvalue weighted by Crippen LogP contribution is 2.11. The van der Waals surface area contributed by atoms with Gasteiger partial charge in [0.2, 0.25) is 11.1 Å². The third-order valence-corrected chi connectivity index (χ3v) is 3.94. The van der Waals surface area contributed by atoms with Gasteiger partial charge in [0, 0.05) is 25.4 Å². The molecule has 2 atom stereocenters. The van der Waals surface area contributed by atoms with Crippen LogP contribution in [0.15, 0.2) is 5.16 Å². The summed E-state index contributed by atoms with van der Waals surface area (Å²) in [7, 11) is 0. The van der Waals surface area contributed by atoms with Crippen molar-refractivity contribution in [3.8, 4) is 0 Å². The van der Waals surface area contributed by atoms with Crippen LogP contribution in [0.2, 0.25) is 0 Å². The molecule has 0 bridgehead atoms. The maximum absolute atomic E-state index is 11.9. The van der Waals surface area contributed by atoms with E-state index in [1.165, 1.54) is 11.8 Å². The highest BCUT2D eigenvalue weighted by Gasteiger charge is 2.23. The molecule has 0 spiro atoms. The van der Waals surface area contributed by atoms with Crippen LogP contribution in [0, 0.1) is 6.92 Å². The van der Waals surface area contributed by atoms with Crippen molar-refractivity contribution in [2.75, 3.05) is 31.9 Å². The topological polar surface area (TPSA) is 83.1 Å². The molecular formula is C13H23N5O2S. The Hall–Kier alpha value is -1.12. The predicted octanol–water partition coefficient (Wildman–Crippen LogP) is 0.431. The normalized spacial score (nSPS) is 23.2. The third-order valence-electron chi connectivity index (χ3n) is 3.09. The Balaban J connectivity index is 1.61. The maximum atomic E-state index is 11.9. The number of amides is 1. The summed E-state index contributed by atoms with van der Waals surface area (Å²) in [6.45, 7) is 8.61. The molecular weight excluding hydrogens is 290 g/mol. The highest BCUT2D eigenvalue weighted by molar-refractivity contribution is 7.99. The average Bonchev–Trinajstić information content (AvgIpc) is 2.79. The van der Waals surface area contributed by atoms with E-state index in [0.29, 0.717) is 13.1 Å². The SMILES string of the molecule is Cc1nc(SCCNC(=O)CN2C[C@@H](C)O[C@@H](C)C2)n[nH]1. The van der Waals surface area contributed by atoms with Crippen molar-refractivity contribution in [1.29, 1.82) is 0 Å². The number of aromatic amines is 1. The Morgan fingerprint density at radius 2 is 2.19 bits per heavy atom. The van der Waals surface area contributed by atoms with Crippen LogP contribution in [0.4, 0.5) is 0 Å². The number of carbonyl (C=O) groups is 1. The molecule has 0 radical (unpaired) electrons. The molecule has 8 heteroatoms. The van der Waals surface area contributed by atoms with Gasteiger partial charge in [-0.1, -0.05) is 11.8 Å². The minimum absolute atomic E-state index is 0.0584. The van der Waals surface area contributed by atoms with Gasteiger partial charge in [0.1, 0.15) is 5.82 Å². The number of ether oxygens (including phenoxy) is 1. The molecule has 0 aromatic carbocycles. The van der Waals surface area contributed by atoms with E-state index in [4.69, 9.17) is 4.74 Å². The van der Waals surface area contributed by atoms with E-state index in [-0.39, 0.29) is 18.1 Å². The molecule has 1 amide bonds. The zero-order chi connectivity index (χ0) is 15.2. The first kappa shape index (κ1) is 16.3. The molecule has 118 valence electrons. The number of hydrogen-bond acceptors (Lipinski definition) is 6. The number of hydrogen-bond donors (Lipinski definition) is 2. The summed E-state index contributed by atoms with van der Waals surface area (Å²) in [6, 6.07) is 0. The van der Waals surface area contributed by atoms with Crippen molar-refractivity contribution in [3.05, 3.63) is 5.82 Å². The fraction of sp³-hybridized carbons (Fsp3) is 0.769. The van der Waals surface area contributed by atoms with Crippen molar-refractivity contribution in [3.63, 3.8) is 0 Å². The number of aryl methyl sites for hydroxylation is 1. The number of H-pyrrole nitrogens is 1. The van der Waals surface area contributed by atoms with Crippen molar-refractivity contribution in [1.82, 2.24) is 25.4 Å². The predicted molar refractivity (Wildman–Crippen MR) is 81.3 cm³/mol. The summed E-state index contributed by atoms with van der Waals surface area (Å²) in [5, 5.41) is 10.5. The molecule has 1 fully saturated rings. The number of rotatable bonds is 6. The van der Waals surface area contributed by atoms with E-state index in [2.05, 4.69) is 25.4 Å². The summed E-state index contributed by atoms with van der Waals surface area (Å²) >= 11 is 1.53. The van der Waals surface area contributed by atoms with Gasteiger partial charge in [-0.2, -0.15) is 0 Å². The van der Waals surface area contributed by atoms with Crippen molar-refractivity contribution < 1.29 is 9.53 Å². The average molecular weight is 313 g/mol. The first-order valence-electron chi connectivity index (χ1n) is 7.19. The van der Waals surface area contributed by atoms with Crippen molar-refractivity contribution in [2.24, 2.45) is 0 Å². The second-order valence-electron chi connectivity index (χ2n) is 5.35.